The Bertz CT molecular complexity index is 1030. The second kappa shape index (κ2) is 9.78. The molecule has 3 rings (SSSR count). The molecule has 10 heteroatoms. The first-order valence-corrected chi connectivity index (χ1v) is 10.3. The number of hydrogen-bond acceptors (Lipinski definition) is 5. The van der Waals surface area contributed by atoms with E-state index in [0.717, 1.165) is 0 Å². The standard InChI is InChI=1S/C19H17Cl2N5O2S/c1-26-16(10-17(27)22-13-5-3-2-4-6-13)24-25-19(26)29-11-18(28)23-15-8-7-12(20)9-14(15)21/h2-9H,10-11H2,1H3,(H,22,27)(H,23,28). The van der Waals surface area contributed by atoms with Gasteiger partial charge in [-0.1, -0.05) is 53.2 Å². The first kappa shape index (κ1) is 21.2. The molecule has 0 unspecified atom stereocenters. The fraction of sp³-hybridized carbons (Fsp3) is 0.158. The molecule has 0 saturated heterocycles. The van der Waals surface area contributed by atoms with Crippen LogP contribution in [-0.4, -0.2) is 32.3 Å². The third-order valence-electron chi connectivity index (χ3n) is 3.84. The predicted octanol–water partition coefficient (Wildman–Crippen LogP) is 4.03. The van der Waals surface area contributed by atoms with E-state index in [0.29, 0.717) is 32.4 Å². The number of carbonyl (C=O) groups excluding carboxylic acids is 2. The second-order valence-electron chi connectivity index (χ2n) is 6.01. The van der Waals surface area contributed by atoms with Gasteiger partial charge in [-0.25, -0.2) is 0 Å². The molecule has 1 heterocycles. The van der Waals surface area contributed by atoms with Gasteiger partial charge in [0, 0.05) is 17.8 Å². The lowest BCUT2D eigenvalue weighted by Crippen LogP contribution is -2.17. The summed E-state index contributed by atoms with van der Waals surface area (Å²) in [4.78, 5) is 24.4. The SMILES string of the molecule is Cn1c(CC(=O)Nc2ccccc2)nnc1SCC(=O)Nc1ccc(Cl)cc1Cl. The second-order valence-corrected chi connectivity index (χ2v) is 7.80. The molecule has 7 nitrogen and oxygen atoms in total. The summed E-state index contributed by atoms with van der Waals surface area (Å²) in [5.74, 6) is 0.173. The minimum atomic E-state index is -0.245. The molecular formula is C19H17Cl2N5O2S. The molecule has 0 spiro atoms. The molecule has 1 aromatic heterocycles. The lowest BCUT2D eigenvalue weighted by atomic mass is 10.3. The van der Waals surface area contributed by atoms with Gasteiger partial charge in [0.25, 0.3) is 0 Å². The molecule has 0 saturated carbocycles. The van der Waals surface area contributed by atoms with Crippen molar-refractivity contribution in [3.05, 3.63) is 64.4 Å². The fourth-order valence-corrected chi connectivity index (χ4v) is 3.59. The van der Waals surface area contributed by atoms with Crippen LogP contribution in [0.2, 0.25) is 10.0 Å². The lowest BCUT2D eigenvalue weighted by Gasteiger charge is -2.08. The van der Waals surface area contributed by atoms with Crippen LogP contribution in [-0.2, 0) is 23.1 Å². The first-order valence-electron chi connectivity index (χ1n) is 8.53. The Morgan fingerprint density at radius 3 is 2.52 bits per heavy atom. The monoisotopic (exact) mass is 449 g/mol. The molecule has 150 valence electrons. The minimum absolute atomic E-state index is 0.0749. The number of carbonyl (C=O) groups is 2. The number of halogens is 2. The highest BCUT2D eigenvalue weighted by Crippen LogP contribution is 2.26. The minimum Gasteiger partial charge on any atom is -0.326 e. The van der Waals surface area contributed by atoms with Gasteiger partial charge in [0.1, 0.15) is 5.82 Å². The highest BCUT2D eigenvalue weighted by Gasteiger charge is 2.15. The topological polar surface area (TPSA) is 88.9 Å². The summed E-state index contributed by atoms with van der Waals surface area (Å²) in [5, 5.41) is 15.0. The lowest BCUT2D eigenvalue weighted by molar-refractivity contribution is -0.116. The summed E-state index contributed by atoms with van der Waals surface area (Å²) in [6.07, 6.45) is 0.0749. The summed E-state index contributed by atoms with van der Waals surface area (Å²) in [6.45, 7) is 0. The molecule has 2 aromatic carbocycles. The smallest absolute Gasteiger partial charge is 0.234 e. The molecule has 0 aliphatic rings. The molecule has 0 fully saturated rings. The van der Waals surface area contributed by atoms with Crippen molar-refractivity contribution in [1.82, 2.24) is 14.8 Å². The Kier molecular flexibility index (Phi) is 7.13. The summed E-state index contributed by atoms with van der Waals surface area (Å²) in [6, 6.07) is 14.0. The van der Waals surface area contributed by atoms with Gasteiger partial charge in [-0.05, 0) is 30.3 Å². The maximum Gasteiger partial charge on any atom is 0.234 e. The highest BCUT2D eigenvalue weighted by atomic mass is 35.5. The van der Waals surface area contributed by atoms with E-state index >= 15 is 0 Å². The largest absolute Gasteiger partial charge is 0.326 e. The van der Waals surface area contributed by atoms with Crippen LogP contribution in [0.25, 0.3) is 0 Å². The quantitative estimate of drug-likeness (QED) is 0.531. The van der Waals surface area contributed by atoms with Crippen LogP contribution < -0.4 is 10.6 Å². The highest BCUT2D eigenvalue weighted by molar-refractivity contribution is 7.99. The van der Waals surface area contributed by atoms with Gasteiger partial charge in [-0.15, -0.1) is 10.2 Å². The number of nitrogens with one attached hydrogen (secondary N) is 2. The van der Waals surface area contributed by atoms with Gasteiger partial charge < -0.3 is 15.2 Å². The van der Waals surface area contributed by atoms with E-state index in [2.05, 4.69) is 20.8 Å². The van der Waals surface area contributed by atoms with Crippen LogP contribution in [0.3, 0.4) is 0 Å². The van der Waals surface area contributed by atoms with E-state index in [-0.39, 0.29) is 24.0 Å². The van der Waals surface area contributed by atoms with Gasteiger partial charge in [0.15, 0.2) is 5.16 Å². The summed E-state index contributed by atoms with van der Waals surface area (Å²) in [5.41, 5.74) is 1.20. The molecule has 3 aromatic rings. The van der Waals surface area contributed by atoms with E-state index in [4.69, 9.17) is 23.2 Å². The van der Waals surface area contributed by atoms with Crippen LogP contribution in [0.15, 0.2) is 53.7 Å². The van der Waals surface area contributed by atoms with Crippen LogP contribution in [0.5, 0.6) is 0 Å². The third kappa shape index (κ3) is 5.96. The number of hydrogen-bond donors (Lipinski definition) is 2. The number of thioether (sulfide) groups is 1. The maximum absolute atomic E-state index is 12.2. The van der Waals surface area contributed by atoms with E-state index < -0.39 is 0 Å². The van der Waals surface area contributed by atoms with Crippen molar-refractivity contribution in [2.75, 3.05) is 16.4 Å². The molecule has 29 heavy (non-hydrogen) atoms. The first-order chi connectivity index (χ1) is 13.9. The van der Waals surface area contributed by atoms with E-state index in [1.54, 1.807) is 41.9 Å². The van der Waals surface area contributed by atoms with E-state index in [1.807, 2.05) is 18.2 Å². The molecule has 2 N–H and O–H groups in total. The van der Waals surface area contributed by atoms with Gasteiger partial charge in [-0.2, -0.15) is 0 Å². The molecule has 0 aliphatic carbocycles. The Labute approximate surface area is 181 Å². The summed E-state index contributed by atoms with van der Waals surface area (Å²) >= 11 is 13.1. The van der Waals surface area contributed by atoms with Crippen LogP contribution in [0, 0.1) is 0 Å². The average Bonchev–Trinajstić information content (AvgIpc) is 3.03. The van der Waals surface area contributed by atoms with Gasteiger partial charge >= 0.3 is 0 Å². The van der Waals surface area contributed by atoms with E-state index in [1.165, 1.54) is 11.8 Å². The van der Waals surface area contributed by atoms with Crippen molar-refractivity contribution in [3.8, 4) is 0 Å². The number of aromatic nitrogens is 3. The molecule has 0 bridgehead atoms. The number of amides is 2. The van der Waals surface area contributed by atoms with Gasteiger partial charge in [0.2, 0.25) is 11.8 Å². The number of para-hydroxylation sites is 1. The van der Waals surface area contributed by atoms with Crippen molar-refractivity contribution in [2.45, 2.75) is 11.6 Å². The van der Waals surface area contributed by atoms with E-state index in [9.17, 15) is 9.59 Å². The zero-order valence-electron chi connectivity index (χ0n) is 15.4. The van der Waals surface area contributed by atoms with Crippen LogP contribution in [0.4, 0.5) is 11.4 Å². The Balaban J connectivity index is 1.53. The van der Waals surface area contributed by atoms with Crippen LogP contribution >= 0.6 is 35.0 Å². The Morgan fingerprint density at radius 1 is 1.03 bits per heavy atom. The van der Waals surface area contributed by atoms with Crippen molar-refractivity contribution in [3.63, 3.8) is 0 Å². The van der Waals surface area contributed by atoms with Crippen molar-refractivity contribution >= 4 is 58.2 Å². The molecular weight excluding hydrogens is 433 g/mol. The zero-order chi connectivity index (χ0) is 20.8. The third-order valence-corrected chi connectivity index (χ3v) is 5.41. The maximum atomic E-state index is 12.2. The fourth-order valence-electron chi connectivity index (χ4n) is 2.40. The number of nitrogens with zero attached hydrogens (tertiary/aromatic N) is 3. The summed E-state index contributed by atoms with van der Waals surface area (Å²) in [7, 11) is 1.75. The van der Waals surface area contributed by atoms with Gasteiger partial charge in [-0.3, -0.25) is 9.59 Å². The Hall–Kier alpha value is -2.55. The molecule has 0 atom stereocenters. The molecule has 0 aliphatic heterocycles. The van der Waals surface area contributed by atoms with Crippen LogP contribution in [0.1, 0.15) is 5.82 Å². The van der Waals surface area contributed by atoms with Crippen molar-refractivity contribution in [1.29, 1.82) is 0 Å². The van der Waals surface area contributed by atoms with Crippen molar-refractivity contribution < 1.29 is 9.59 Å². The number of rotatable bonds is 7. The number of benzene rings is 2. The molecule has 2 amide bonds. The summed E-state index contributed by atoms with van der Waals surface area (Å²) < 4.78 is 1.69. The van der Waals surface area contributed by atoms with Crippen molar-refractivity contribution in [2.24, 2.45) is 7.05 Å². The van der Waals surface area contributed by atoms with Gasteiger partial charge in [0.05, 0.1) is 22.9 Å². The predicted molar refractivity (Wildman–Crippen MR) is 116 cm³/mol. The average molecular weight is 450 g/mol. The zero-order valence-corrected chi connectivity index (χ0v) is 17.7. The number of anilines is 2. The molecule has 0 radical (unpaired) electrons. The normalized spacial score (nSPS) is 10.6. The Morgan fingerprint density at radius 2 is 1.79 bits per heavy atom.